The highest BCUT2D eigenvalue weighted by atomic mass is 14.1. The van der Waals surface area contributed by atoms with Crippen LogP contribution >= 0.6 is 0 Å². The molecule has 0 heteroatoms. The van der Waals surface area contributed by atoms with Crippen LogP contribution in [0.15, 0.2) is 0 Å². The molecule has 0 fully saturated rings. The van der Waals surface area contributed by atoms with Gasteiger partial charge in [-0.3, -0.25) is 0 Å². The van der Waals surface area contributed by atoms with Gasteiger partial charge in [0.05, 0.1) is 0 Å². The summed E-state index contributed by atoms with van der Waals surface area (Å²) in [5.74, 6) is 1.01. The molecule has 0 saturated heterocycles. The van der Waals surface area contributed by atoms with E-state index in [0.717, 1.165) is 12.3 Å². The Labute approximate surface area is 174 Å². The van der Waals surface area contributed by atoms with E-state index in [-0.39, 0.29) is 0 Å². The molecule has 1 radical (unpaired) electrons. The highest BCUT2D eigenvalue weighted by Crippen LogP contribution is 2.22. The van der Waals surface area contributed by atoms with E-state index in [1.54, 1.807) is 0 Å². The summed E-state index contributed by atoms with van der Waals surface area (Å²) in [7, 11) is 0. The van der Waals surface area contributed by atoms with Crippen molar-refractivity contribution in [2.45, 2.75) is 162 Å². The van der Waals surface area contributed by atoms with E-state index in [9.17, 15) is 0 Å². The van der Waals surface area contributed by atoms with Gasteiger partial charge in [-0.2, -0.15) is 0 Å². The second-order valence-corrected chi connectivity index (χ2v) is 9.10. The van der Waals surface area contributed by atoms with Crippen LogP contribution < -0.4 is 0 Å². The second-order valence-electron chi connectivity index (χ2n) is 9.10. The largest absolute Gasteiger partial charge is 0.0654 e. The first kappa shape index (κ1) is 27.0. The van der Waals surface area contributed by atoms with Crippen LogP contribution in [0, 0.1) is 12.8 Å². The van der Waals surface area contributed by atoms with E-state index in [0.29, 0.717) is 0 Å². The molecular formula is C27H55. The summed E-state index contributed by atoms with van der Waals surface area (Å²) in [6.45, 7) is 8.63. The predicted octanol–water partition coefficient (Wildman–Crippen LogP) is 10.4. The molecule has 1 unspecified atom stereocenters. The van der Waals surface area contributed by atoms with E-state index >= 15 is 0 Å². The first-order valence-corrected chi connectivity index (χ1v) is 13.1. The normalized spacial score (nSPS) is 12.6. The Balaban J connectivity index is 3.23. The van der Waals surface area contributed by atoms with Crippen LogP contribution in [-0.4, -0.2) is 0 Å². The van der Waals surface area contributed by atoms with Gasteiger partial charge in [0.1, 0.15) is 0 Å². The van der Waals surface area contributed by atoms with Crippen molar-refractivity contribution in [3.05, 3.63) is 6.92 Å². The lowest BCUT2D eigenvalue weighted by atomic mass is 9.91. The lowest BCUT2D eigenvalue weighted by molar-refractivity contribution is 0.381. The van der Waals surface area contributed by atoms with Crippen molar-refractivity contribution in [2.24, 2.45) is 5.92 Å². The minimum atomic E-state index is 1.01. The van der Waals surface area contributed by atoms with Crippen LogP contribution in [0.25, 0.3) is 0 Å². The van der Waals surface area contributed by atoms with Crippen molar-refractivity contribution in [2.75, 3.05) is 0 Å². The van der Waals surface area contributed by atoms with Gasteiger partial charge in [0, 0.05) is 0 Å². The lowest BCUT2D eigenvalue weighted by Gasteiger charge is -2.15. The third kappa shape index (κ3) is 22.2. The number of unbranched alkanes of at least 4 members (excludes halogenated alkanes) is 17. The van der Waals surface area contributed by atoms with E-state index < -0.39 is 0 Å². The van der Waals surface area contributed by atoms with Crippen molar-refractivity contribution in [3.63, 3.8) is 0 Å². The molecule has 0 nitrogen and oxygen atoms in total. The molecular weight excluding hydrogens is 324 g/mol. The predicted molar refractivity (Wildman–Crippen MR) is 126 cm³/mol. The highest BCUT2D eigenvalue weighted by molar-refractivity contribution is 4.61. The molecule has 163 valence electrons. The molecule has 27 heavy (non-hydrogen) atoms. The number of hydrogen-bond donors (Lipinski definition) is 0. The molecule has 0 rings (SSSR count). The van der Waals surface area contributed by atoms with Crippen molar-refractivity contribution in [1.82, 2.24) is 0 Å². The summed E-state index contributed by atoms with van der Waals surface area (Å²) in [5, 5.41) is 0. The summed E-state index contributed by atoms with van der Waals surface area (Å²) in [5.41, 5.74) is 0. The zero-order chi connectivity index (χ0) is 19.8. The molecule has 0 aliphatic carbocycles. The zero-order valence-electron chi connectivity index (χ0n) is 19.5. The smallest absolute Gasteiger partial charge is 0.0414 e. The summed E-state index contributed by atoms with van der Waals surface area (Å²) in [6.07, 6.45) is 33.2. The van der Waals surface area contributed by atoms with Crippen LogP contribution in [0.5, 0.6) is 0 Å². The molecule has 1 atom stereocenters. The van der Waals surface area contributed by atoms with Gasteiger partial charge in [-0.15, -0.1) is 0 Å². The topological polar surface area (TPSA) is 0 Å². The number of rotatable bonds is 23. The zero-order valence-corrected chi connectivity index (χ0v) is 19.5. The fraction of sp³-hybridized carbons (Fsp3) is 0.963. The van der Waals surface area contributed by atoms with Crippen LogP contribution in [0.3, 0.4) is 0 Å². The molecule has 0 heterocycles. The van der Waals surface area contributed by atoms with E-state index in [2.05, 4.69) is 20.8 Å². The van der Waals surface area contributed by atoms with Crippen molar-refractivity contribution < 1.29 is 0 Å². The van der Waals surface area contributed by atoms with Gasteiger partial charge in [0.15, 0.2) is 0 Å². The Bertz CT molecular complexity index is 244. The Morgan fingerprint density at radius 3 is 1.15 bits per heavy atom. The Hall–Kier alpha value is 0. The summed E-state index contributed by atoms with van der Waals surface area (Å²) >= 11 is 0. The third-order valence-electron chi connectivity index (χ3n) is 6.28. The molecule has 0 aliphatic rings. The van der Waals surface area contributed by atoms with Gasteiger partial charge in [0.2, 0.25) is 0 Å². The van der Waals surface area contributed by atoms with E-state index in [1.165, 1.54) is 141 Å². The average molecular weight is 380 g/mol. The molecule has 0 aromatic heterocycles. The first-order chi connectivity index (χ1) is 13.3. The van der Waals surface area contributed by atoms with Crippen LogP contribution in [0.4, 0.5) is 0 Å². The monoisotopic (exact) mass is 379 g/mol. The maximum atomic E-state index is 3.98. The van der Waals surface area contributed by atoms with Gasteiger partial charge in [-0.1, -0.05) is 168 Å². The maximum Gasteiger partial charge on any atom is -0.0414 e. The molecule has 0 aromatic rings. The van der Waals surface area contributed by atoms with Crippen LogP contribution in [0.1, 0.15) is 162 Å². The molecule has 0 saturated carbocycles. The number of hydrogen-bond acceptors (Lipinski definition) is 0. The summed E-state index contributed by atoms with van der Waals surface area (Å²) in [4.78, 5) is 0. The summed E-state index contributed by atoms with van der Waals surface area (Å²) in [6, 6.07) is 0. The quantitative estimate of drug-likeness (QED) is 0.155. The lowest BCUT2D eigenvalue weighted by Crippen LogP contribution is -2.00. The fourth-order valence-corrected chi connectivity index (χ4v) is 4.43. The van der Waals surface area contributed by atoms with E-state index in [4.69, 9.17) is 0 Å². The van der Waals surface area contributed by atoms with Gasteiger partial charge in [-0.25, -0.2) is 0 Å². The Morgan fingerprint density at radius 2 is 0.778 bits per heavy atom. The standard InChI is InChI=1S/C27H55/c1-4-7-9-10-11-12-13-14-15-16-17-18-19-20-21-23-26-27(24-6-3)25-22-8-5-2/h27H,2,4-26H2,1,3H3. The van der Waals surface area contributed by atoms with Crippen LogP contribution in [0.2, 0.25) is 0 Å². The van der Waals surface area contributed by atoms with Crippen molar-refractivity contribution in [1.29, 1.82) is 0 Å². The first-order valence-electron chi connectivity index (χ1n) is 13.1. The maximum absolute atomic E-state index is 3.98. The molecule has 0 aromatic carbocycles. The minimum Gasteiger partial charge on any atom is -0.0654 e. The van der Waals surface area contributed by atoms with Gasteiger partial charge in [0.25, 0.3) is 0 Å². The van der Waals surface area contributed by atoms with Crippen molar-refractivity contribution in [3.8, 4) is 0 Å². The van der Waals surface area contributed by atoms with E-state index in [1.807, 2.05) is 0 Å². The average Bonchev–Trinajstić information content (AvgIpc) is 2.67. The fourth-order valence-electron chi connectivity index (χ4n) is 4.43. The molecule has 0 amide bonds. The minimum absolute atomic E-state index is 1.01. The molecule has 0 bridgehead atoms. The highest BCUT2D eigenvalue weighted by Gasteiger charge is 2.07. The molecule has 0 N–H and O–H groups in total. The third-order valence-corrected chi connectivity index (χ3v) is 6.28. The molecule has 0 aliphatic heterocycles. The Kier molecular flexibility index (Phi) is 24.0. The van der Waals surface area contributed by atoms with Crippen LogP contribution in [-0.2, 0) is 0 Å². The van der Waals surface area contributed by atoms with Gasteiger partial charge in [-0.05, 0) is 5.92 Å². The molecule has 0 spiro atoms. The second kappa shape index (κ2) is 24.0. The van der Waals surface area contributed by atoms with Crippen molar-refractivity contribution >= 4 is 0 Å². The van der Waals surface area contributed by atoms with Gasteiger partial charge < -0.3 is 0 Å². The SMILES string of the molecule is [CH2]CCCCC(CCC)CCCCCCCCCCCCCCCCCC. The Morgan fingerprint density at radius 1 is 0.407 bits per heavy atom. The van der Waals surface area contributed by atoms with Gasteiger partial charge >= 0.3 is 0 Å². The summed E-state index contributed by atoms with van der Waals surface area (Å²) < 4.78 is 0.